The van der Waals surface area contributed by atoms with Gasteiger partial charge in [-0.2, -0.15) is 0 Å². The number of methoxy groups -OCH3 is 1. The molecule has 21 heavy (non-hydrogen) atoms. The van der Waals surface area contributed by atoms with Crippen molar-refractivity contribution in [3.8, 4) is 0 Å². The van der Waals surface area contributed by atoms with E-state index in [1.165, 1.54) is 45.3 Å². The standard InChI is InChI=1S/C17H32N2O2/c1-14(2)4-8-18-9-5-15(6-10-18)16-7-11-19(12-16)17(20)13-21-3/h14-16H,4-13H2,1-3H3. The number of carbonyl (C=O) groups excluding carboxylic acids is 1. The van der Waals surface area contributed by atoms with Crippen LogP contribution < -0.4 is 0 Å². The quantitative estimate of drug-likeness (QED) is 0.753. The highest BCUT2D eigenvalue weighted by atomic mass is 16.5. The molecule has 2 aliphatic heterocycles. The number of nitrogens with zero attached hydrogens (tertiary/aromatic N) is 2. The zero-order chi connectivity index (χ0) is 15.2. The number of rotatable bonds is 6. The fraction of sp³-hybridized carbons (Fsp3) is 0.941. The fourth-order valence-corrected chi connectivity index (χ4v) is 3.70. The number of hydrogen-bond donors (Lipinski definition) is 0. The summed E-state index contributed by atoms with van der Waals surface area (Å²) in [4.78, 5) is 16.5. The van der Waals surface area contributed by atoms with Crippen molar-refractivity contribution < 1.29 is 9.53 Å². The molecule has 0 N–H and O–H groups in total. The third-order valence-corrected chi connectivity index (χ3v) is 5.17. The largest absolute Gasteiger partial charge is 0.375 e. The smallest absolute Gasteiger partial charge is 0.248 e. The number of carbonyl (C=O) groups is 1. The molecule has 0 aromatic carbocycles. The number of piperidine rings is 1. The lowest BCUT2D eigenvalue weighted by Crippen LogP contribution is -2.38. The van der Waals surface area contributed by atoms with Crippen LogP contribution >= 0.6 is 0 Å². The summed E-state index contributed by atoms with van der Waals surface area (Å²) in [6.07, 6.45) is 5.13. The zero-order valence-electron chi connectivity index (χ0n) is 14.0. The molecule has 0 aromatic rings. The van der Waals surface area contributed by atoms with E-state index in [9.17, 15) is 4.79 Å². The molecule has 2 heterocycles. The monoisotopic (exact) mass is 296 g/mol. The SMILES string of the molecule is COCC(=O)N1CCC(C2CCN(CCC(C)C)CC2)C1. The summed E-state index contributed by atoms with van der Waals surface area (Å²) in [6, 6.07) is 0. The summed E-state index contributed by atoms with van der Waals surface area (Å²) < 4.78 is 4.96. The second-order valence-corrected chi connectivity index (χ2v) is 7.18. The van der Waals surface area contributed by atoms with E-state index in [0.717, 1.165) is 30.8 Å². The number of hydrogen-bond acceptors (Lipinski definition) is 3. The van der Waals surface area contributed by atoms with Crippen LogP contribution in [0.3, 0.4) is 0 Å². The van der Waals surface area contributed by atoms with Gasteiger partial charge in [-0.3, -0.25) is 4.79 Å². The summed E-state index contributed by atoms with van der Waals surface area (Å²) in [7, 11) is 1.60. The first-order chi connectivity index (χ1) is 10.1. The molecule has 2 rings (SSSR count). The van der Waals surface area contributed by atoms with Crippen molar-refractivity contribution in [2.45, 2.75) is 39.5 Å². The van der Waals surface area contributed by atoms with Crippen LogP contribution in [0.15, 0.2) is 0 Å². The van der Waals surface area contributed by atoms with Crippen LogP contribution in [0.1, 0.15) is 39.5 Å². The first kappa shape index (κ1) is 16.8. The normalized spacial score (nSPS) is 25.0. The van der Waals surface area contributed by atoms with Crippen LogP contribution in [0.25, 0.3) is 0 Å². The number of amides is 1. The minimum absolute atomic E-state index is 0.161. The van der Waals surface area contributed by atoms with E-state index in [1.54, 1.807) is 7.11 Å². The average molecular weight is 296 g/mol. The van der Waals surface area contributed by atoms with Crippen molar-refractivity contribution in [1.82, 2.24) is 9.80 Å². The second-order valence-electron chi connectivity index (χ2n) is 7.18. The molecule has 0 bridgehead atoms. The van der Waals surface area contributed by atoms with Gasteiger partial charge in [-0.15, -0.1) is 0 Å². The Morgan fingerprint density at radius 2 is 1.81 bits per heavy atom. The Kier molecular flexibility index (Phi) is 6.49. The predicted octanol–water partition coefficient (Wildman–Crippen LogP) is 2.24. The van der Waals surface area contributed by atoms with Crippen molar-refractivity contribution in [3.63, 3.8) is 0 Å². The molecule has 4 heteroatoms. The number of ether oxygens (including phenoxy) is 1. The molecule has 0 saturated carbocycles. The molecule has 122 valence electrons. The molecule has 0 aliphatic carbocycles. The van der Waals surface area contributed by atoms with Gasteiger partial charge < -0.3 is 14.5 Å². The van der Waals surface area contributed by atoms with Crippen LogP contribution in [-0.4, -0.2) is 62.1 Å². The van der Waals surface area contributed by atoms with Crippen molar-refractivity contribution in [2.24, 2.45) is 17.8 Å². The van der Waals surface area contributed by atoms with Gasteiger partial charge in [-0.05, 0) is 63.1 Å². The van der Waals surface area contributed by atoms with Gasteiger partial charge in [-0.25, -0.2) is 0 Å². The lowest BCUT2D eigenvalue weighted by molar-refractivity contribution is -0.134. The Balaban J connectivity index is 1.70. The van der Waals surface area contributed by atoms with Crippen molar-refractivity contribution in [1.29, 1.82) is 0 Å². The molecule has 1 amide bonds. The van der Waals surface area contributed by atoms with E-state index >= 15 is 0 Å². The highest BCUT2D eigenvalue weighted by Crippen LogP contribution is 2.32. The lowest BCUT2D eigenvalue weighted by Gasteiger charge is -2.35. The van der Waals surface area contributed by atoms with Crippen molar-refractivity contribution >= 4 is 5.91 Å². The van der Waals surface area contributed by atoms with Crippen molar-refractivity contribution in [2.75, 3.05) is 46.4 Å². The Morgan fingerprint density at radius 3 is 2.43 bits per heavy atom. The van der Waals surface area contributed by atoms with E-state index in [1.807, 2.05) is 4.90 Å². The molecule has 4 nitrogen and oxygen atoms in total. The first-order valence-corrected chi connectivity index (χ1v) is 8.59. The van der Waals surface area contributed by atoms with Gasteiger partial charge in [0.1, 0.15) is 6.61 Å². The maximum atomic E-state index is 11.9. The Hall–Kier alpha value is -0.610. The van der Waals surface area contributed by atoms with Gasteiger partial charge in [0.05, 0.1) is 0 Å². The Bertz CT molecular complexity index is 325. The zero-order valence-corrected chi connectivity index (χ0v) is 14.0. The van der Waals surface area contributed by atoms with E-state index in [2.05, 4.69) is 18.7 Å². The molecule has 0 aromatic heterocycles. The minimum Gasteiger partial charge on any atom is -0.375 e. The molecule has 2 saturated heterocycles. The highest BCUT2D eigenvalue weighted by Gasteiger charge is 2.33. The topological polar surface area (TPSA) is 32.8 Å². The van der Waals surface area contributed by atoms with Crippen LogP contribution in [0.2, 0.25) is 0 Å². The molecule has 2 fully saturated rings. The lowest BCUT2D eigenvalue weighted by atomic mass is 9.83. The maximum absolute atomic E-state index is 11.9. The molecule has 0 radical (unpaired) electrons. The van der Waals surface area contributed by atoms with Gasteiger partial charge in [0.15, 0.2) is 0 Å². The van der Waals surface area contributed by atoms with Gasteiger partial charge in [-0.1, -0.05) is 13.8 Å². The summed E-state index contributed by atoms with van der Waals surface area (Å²) >= 11 is 0. The minimum atomic E-state index is 0.161. The summed E-state index contributed by atoms with van der Waals surface area (Å²) in [6.45, 7) is 10.5. The van der Waals surface area contributed by atoms with Crippen LogP contribution in [0.5, 0.6) is 0 Å². The third-order valence-electron chi connectivity index (χ3n) is 5.17. The fourth-order valence-electron chi connectivity index (χ4n) is 3.70. The molecular formula is C17H32N2O2. The van der Waals surface area contributed by atoms with Gasteiger partial charge in [0.25, 0.3) is 0 Å². The highest BCUT2D eigenvalue weighted by molar-refractivity contribution is 5.77. The number of likely N-dealkylation sites (tertiary alicyclic amines) is 2. The van der Waals surface area contributed by atoms with E-state index in [0.29, 0.717) is 0 Å². The Labute approximate surface area is 129 Å². The molecule has 0 spiro atoms. The summed E-state index contributed by atoms with van der Waals surface area (Å²) in [5.74, 6) is 2.51. The van der Waals surface area contributed by atoms with Crippen molar-refractivity contribution in [3.05, 3.63) is 0 Å². The third kappa shape index (κ3) is 4.96. The summed E-state index contributed by atoms with van der Waals surface area (Å²) in [5.41, 5.74) is 0. The molecule has 2 aliphatic rings. The van der Waals surface area contributed by atoms with E-state index in [4.69, 9.17) is 4.74 Å². The van der Waals surface area contributed by atoms with Crippen LogP contribution in [-0.2, 0) is 9.53 Å². The molecular weight excluding hydrogens is 264 g/mol. The Morgan fingerprint density at radius 1 is 1.14 bits per heavy atom. The van der Waals surface area contributed by atoms with Gasteiger partial charge in [0, 0.05) is 20.2 Å². The maximum Gasteiger partial charge on any atom is 0.248 e. The van der Waals surface area contributed by atoms with E-state index < -0.39 is 0 Å². The van der Waals surface area contributed by atoms with Gasteiger partial charge in [0.2, 0.25) is 5.91 Å². The molecule has 1 atom stereocenters. The van der Waals surface area contributed by atoms with Crippen LogP contribution in [0.4, 0.5) is 0 Å². The van der Waals surface area contributed by atoms with E-state index in [-0.39, 0.29) is 12.5 Å². The molecule has 1 unspecified atom stereocenters. The first-order valence-electron chi connectivity index (χ1n) is 8.59. The predicted molar refractivity (Wildman–Crippen MR) is 85.2 cm³/mol. The second kappa shape index (κ2) is 8.14. The van der Waals surface area contributed by atoms with Crippen LogP contribution in [0, 0.1) is 17.8 Å². The van der Waals surface area contributed by atoms with Gasteiger partial charge >= 0.3 is 0 Å². The average Bonchev–Trinajstić information content (AvgIpc) is 2.96. The summed E-state index contributed by atoms with van der Waals surface area (Å²) in [5, 5.41) is 0.